The van der Waals surface area contributed by atoms with E-state index in [9.17, 15) is 4.79 Å². The van der Waals surface area contributed by atoms with Gasteiger partial charge in [0.05, 0.1) is 5.56 Å². The third kappa shape index (κ3) is 3.03. The summed E-state index contributed by atoms with van der Waals surface area (Å²) in [5.41, 5.74) is 3.09. The third-order valence-electron chi connectivity index (χ3n) is 5.08. The number of para-hydroxylation sites is 1. The van der Waals surface area contributed by atoms with E-state index in [1.165, 1.54) is 5.56 Å². The van der Waals surface area contributed by atoms with Gasteiger partial charge in [0.1, 0.15) is 0 Å². The van der Waals surface area contributed by atoms with Gasteiger partial charge in [-0.05, 0) is 30.5 Å². The number of hydrogen-bond donors (Lipinski definition) is 1. The quantitative estimate of drug-likeness (QED) is 0.790. The highest BCUT2D eigenvalue weighted by atomic mass is 16.2. The van der Waals surface area contributed by atoms with E-state index < -0.39 is 0 Å². The molecule has 1 fully saturated rings. The maximum absolute atomic E-state index is 13.1. The maximum Gasteiger partial charge on any atom is 0.256 e. The van der Waals surface area contributed by atoms with Crippen LogP contribution in [0.1, 0.15) is 29.3 Å². The largest absolute Gasteiger partial charge is 0.360 e. The van der Waals surface area contributed by atoms with Crippen LogP contribution in [0.5, 0.6) is 0 Å². The Hall–Kier alpha value is -2.89. The molecule has 1 aliphatic heterocycles. The fourth-order valence-electron chi connectivity index (χ4n) is 3.67. The summed E-state index contributed by atoms with van der Waals surface area (Å²) in [5, 5.41) is 9.17. The van der Waals surface area contributed by atoms with Gasteiger partial charge in [-0.2, -0.15) is 5.10 Å². The molecule has 6 heteroatoms. The molecular formula is C20H23N5O. The Bertz CT molecular complexity index is 905. The van der Waals surface area contributed by atoms with E-state index in [0.29, 0.717) is 6.54 Å². The zero-order chi connectivity index (χ0) is 17.9. The van der Waals surface area contributed by atoms with Gasteiger partial charge in [0.25, 0.3) is 5.91 Å². The predicted octanol–water partition coefficient (Wildman–Crippen LogP) is 2.87. The number of carbonyl (C=O) groups excluding carboxylic acids is 1. The normalized spacial score (nSPS) is 15.3. The first kappa shape index (κ1) is 16.6. The van der Waals surface area contributed by atoms with Crippen molar-refractivity contribution < 1.29 is 4.79 Å². The zero-order valence-electron chi connectivity index (χ0n) is 15.0. The molecule has 0 radical (unpaired) electrons. The smallest absolute Gasteiger partial charge is 0.256 e. The fourth-order valence-corrected chi connectivity index (χ4v) is 3.67. The second kappa shape index (κ2) is 7.15. The van der Waals surface area contributed by atoms with Gasteiger partial charge in [0.15, 0.2) is 5.82 Å². The van der Waals surface area contributed by atoms with E-state index in [1.54, 1.807) is 6.20 Å². The van der Waals surface area contributed by atoms with Crippen LogP contribution in [-0.2, 0) is 6.42 Å². The summed E-state index contributed by atoms with van der Waals surface area (Å²) in [4.78, 5) is 20.6. The second-order valence-electron chi connectivity index (χ2n) is 6.61. The average Bonchev–Trinajstić information content (AvgIpc) is 2.97. The topological polar surface area (TPSA) is 65.1 Å². The molecule has 3 aromatic rings. The lowest BCUT2D eigenvalue weighted by molar-refractivity contribution is 0.0769. The molecule has 0 atom stereocenters. The van der Waals surface area contributed by atoms with Crippen LogP contribution in [0.4, 0.5) is 5.82 Å². The van der Waals surface area contributed by atoms with E-state index in [2.05, 4.69) is 33.1 Å². The molecular weight excluding hydrogens is 326 g/mol. The van der Waals surface area contributed by atoms with E-state index in [0.717, 1.165) is 54.8 Å². The summed E-state index contributed by atoms with van der Waals surface area (Å²) in [5.74, 6) is 0.979. The van der Waals surface area contributed by atoms with Crippen molar-refractivity contribution in [3.63, 3.8) is 0 Å². The van der Waals surface area contributed by atoms with Gasteiger partial charge < -0.3 is 14.8 Å². The number of carbonyl (C=O) groups is 1. The second-order valence-corrected chi connectivity index (χ2v) is 6.61. The van der Waals surface area contributed by atoms with Crippen LogP contribution < -0.4 is 4.90 Å². The van der Waals surface area contributed by atoms with Gasteiger partial charge in [-0.15, -0.1) is 5.10 Å². The number of aromatic nitrogens is 3. The molecule has 2 aromatic heterocycles. The Morgan fingerprint density at radius 3 is 2.88 bits per heavy atom. The highest BCUT2D eigenvalue weighted by molar-refractivity contribution is 6.07. The number of anilines is 1. The van der Waals surface area contributed by atoms with Gasteiger partial charge in [-0.3, -0.25) is 4.79 Å². The molecule has 0 bridgehead atoms. The van der Waals surface area contributed by atoms with Crippen molar-refractivity contribution in [3.8, 4) is 0 Å². The molecule has 1 saturated heterocycles. The number of fused-ring (bicyclic) bond motifs is 1. The van der Waals surface area contributed by atoms with Gasteiger partial charge in [-0.1, -0.05) is 25.1 Å². The minimum atomic E-state index is 0.102. The van der Waals surface area contributed by atoms with E-state index >= 15 is 0 Å². The highest BCUT2D eigenvalue weighted by Crippen LogP contribution is 2.24. The van der Waals surface area contributed by atoms with Crippen molar-refractivity contribution in [3.05, 3.63) is 53.9 Å². The lowest BCUT2D eigenvalue weighted by atomic mass is 10.1. The Morgan fingerprint density at radius 1 is 1.15 bits per heavy atom. The molecule has 6 nitrogen and oxygen atoms in total. The summed E-state index contributed by atoms with van der Waals surface area (Å²) >= 11 is 0. The van der Waals surface area contributed by atoms with Crippen LogP contribution in [0.3, 0.4) is 0 Å². The first-order valence-electron chi connectivity index (χ1n) is 9.19. The number of hydrogen-bond acceptors (Lipinski definition) is 4. The summed E-state index contributed by atoms with van der Waals surface area (Å²) in [6.07, 6.45) is 5.41. The number of nitrogens with one attached hydrogen (secondary N) is 1. The first-order valence-corrected chi connectivity index (χ1v) is 9.19. The van der Waals surface area contributed by atoms with Crippen LogP contribution in [0.25, 0.3) is 10.9 Å². The first-order chi connectivity index (χ1) is 12.8. The van der Waals surface area contributed by atoms with Gasteiger partial charge in [-0.25, -0.2) is 0 Å². The fraction of sp³-hybridized carbons (Fsp3) is 0.350. The van der Waals surface area contributed by atoms with Crippen LogP contribution in [-0.4, -0.2) is 52.2 Å². The van der Waals surface area contributed by atoms with E-state index in [4.69, 9.17) is 0 Å². The van der Waals surface area contributed by atoms with Gasteiger partial charge in [0.2, 0.25) is 0 Å². The average molecular weight is 349 g/mol. The monoisotopic (exact) mass is 349 g/mol. The molecule has 134 valence electrons. The summed E-state index contributed by atoms with van der Waals surface area (Å²) in [6, 6.07) is 10.0. The molecule has 4 rings (SSSR count). The molecule has 1 aromatic carbocycles. The number of aryl methyl sites for hydroxylation is 1. The van der Waals surface area contributed by atoms with Crippen LogP contribution in [0, 0.1) is 0 Å². The zero-order valence-corrected chi connectivity index (χ0v) is 15.0. The Kier molecular flexibility index (Phi) is 4.56. The molecule has 26 heavy (non-hydrogen) atoms. The van der Waals surface area contributed by atoms with Crippen molar-refractivity contribution in [2.24, 2.45) is 0 Å². The number of aromatic amines is 1. The molecule has 1 aliphatic rings. The minimum Gasteiger partial charge on any atom is -0.360 e. The van der Waals surface area contributed by atoms with Crippen molar-refractivity contribution in [2.75, 3.05) is 31.1 Å². The molecule has 1 N–H and O–H groups in total. The maximum atomic E-state index is 13.1. The van der Waals surface area contributed by atoms with E-state index in [-0.39, 0.29) is 5.91 Å². The van der Waals surface area contributed by atoms with Crippen LogP contribution >= 0.6 is 0 Å². The Morgan fingerprint density at radius 2 is 2.08 bits per heavy atom. The minimum absolute atomic E-state index is 0.102. The lowest BCUT2D eigenvalue weighted by Crippen LogP contribution is -2.35. The molecule has 3 heterocycles. The summed E-state index contributed by atoms with van der Waals surface area (Å²) < 4.78 is 0. The van der Waals surface area contributed by atoms with Crippen molar-refractivity contribution in [1.82, 2.24) is 20.1 Å². The number of H-pyrrole nitrogens is 1. The van der Waals surface area contributed by atoms with Crippen molar-refractivity contribution in [1.29, 1.82) is 0 Å². The Balaban J connectivity index is 1.54. The summed E-state index contributed by atoms with van der Waals surface area (Å²) in [7, 11) is 0. The number of nitrogens with zero attached hydrogens (tertiary/aromatic N) is 4. The molecule has 0 spiro atoms. The van der Waals surface area contributed by atoms with Crippen molar-refractivity contribution in [2.45, 2.75) is 19.8 Å². The lowest BCUT2D eigenvalue weighted by Gasteiger charge is -2.22. The highest BCUT2D eigenvalue weighted by Gasteiger charge is 2.23. The third-order valence-corrected chi connectivity index (χ3v) is 5.08. The predicted molar refractivity (Wildman–Crippen MR) is 102 cm³/mol. The SMILES string of the molecule is CCc1cccc2c(C(=O)N3CCCN(c4cccnn4)CC3)c[nH]c12. The van der Waals surface area contributed by atoms with Gasteiger partial charge in [0, 0.05) is 49.5 Å². The molecule has 0 aliphatic carbocycles. The van der Waals surface area contributed by atoms with Gasteiger partial charge >= 0.3 is 0 Å². The standard InChI is InChI=1S/C20H23N5O/c1-2-15-6-3-7-16-17(14-21-19(15)16)20(26)25-11-5-10-24(12-13-25)18-8-4-9-22-23-18/h3-4,6-9,14,21H,2,5,10-13H2,1H3. The van der Waals surface area contributed by atoms with Crippen LogP contribution in [0.15, 0.2) is 42.7 Å². The number of benzene rings is 1. The number of rotatable bonds is 3. The summed E-state index contributed by atoms with van der Waals surface area (Å²) in [6.45, 7) is 5.24. The van der Waals surface area contributed by atoms with Crippen molar-refractivity contribution >= 4 is 22.6 Å². The van der Waals surface area contributed by atoms with E-state index in [1.807, 2.05) is 35.4 Å². The molecule has 0 unspecified atom stereocenters. The molecule has 1 amide bonds. The Labute approximate surface area is 152 Å². The number of amides is 1. The van der Waals surface area contributed by atoms with Crippen LogP contribution in [0.2, 0.25) is 0 Å². The molecule has 0 saturated carbocycles.